The van der Waals surface area contributed by atoms with Crippen LogP contribution in [0.25, 0.3) is 0 Å². The second-order valence-electron chi connectivity index (χ2n) is 6.29. The van der Waals surface area contributed by atoms with Gasteiger partial charge in [-0.15, -0.1) is 0 Å². The van der Waals surface area contributed by atoms with E-state index in [1.165, 1.54) is 9.87 Å². The summed E-state index contributed by atoms with van der Waals surface area (Å²) in [4.78, 5) is 14.3. The molecule has 23 heavy (non-hydrogen) atoms. The molecule has 0 aromatic heterocycles. The van der Waals surface area contributed by atoms with E-state index in [4.69, 9.17) is 5.14 Å². The minimum atomic E-state index is -3.66. The van der Waals surface area contributed by atoms with Gasteiger partial charge in [-0.3, -0.25) is 4.79 Å². The zero-order chi connectivity index (χ0) is 17.0. The summed E-state index contributed by atoms with van der Waals surface area (Å²) in [6.07, 6.45) is 0.442. The van der Waals surface area contributed by atoms with Gasteiger partial charge in [0.25, 0.3) is 10.2 Å². The van der Waals surface area contributed by atoms with Crippen molar-refractivity contribution in [1.29, 1.82) is 0 Å². The fourth-order valence-corrected chi connectivity index (χ4v) is 3.62. The van der Waals surface area contributed by atoms with Gasteiger partial charge in [0.2, 0.25) is 5.91 Å². The minimum absolute atomic E-state index is 0.0709. The molecule has 0 saturated carbocycles. The van der Waals surface area contributed by atoms with Gasteiger partial charge in [0, 0.05) is 32.6 Å². The molecule has 7 heteroatoms. The number of hydrogen-bond acceptors (Lipinski definition) is 3. The summed E-state index contributed by atoms with van der Waals surface area (Å²) in [6, 6.07) is 10.0. The Bertz CT molecular complexity index is 623. The van der Waals surface area contributed by atoms with Gasteiger partial charge in [-0.1, -0.05) is 44.2 Å². The van der Waals surface area contributed by atoms with E-state index in [9.17, 15) is 13.2 Å². The Labute approximate surface area is 138 Å². The second kappa shape index (κ2) is 7.42. The Morgan fingerprint density at radius 2 is 1.70 bits per heavy atom. The molecule has 128 valence electrons. The molecule has 1 aromatic carbocycles. The Kier molecular flexibility index (Phi) is 5.78. The first-order valence-electron chi connectivity index (χ1n) is 7.89. The van der Waals surface area contributed by atoms with Gasteiger partial charge in [0.05, 0.1) is 0 Å². The molecule has 0 bridgehead atoms. The molecular weight excluding hydrogens is 314 g/mol. The van der Waals surface area contributed by atoms with Crippen LogP contribution in [0.15, 0.2) is 30.3 Å². The molecule has 1 saturated heterocycles. The first-order chi connectivity index (χ1) is 10.8. The van der Waals surface area contributed by atoms with Crippen LogP contribution in [0.3, 0.4) is 0 Å². The molecule has 1 aliphatic rings. The van der Waals surface area contributed by atoms with Crippen LogP contribution in [-0.4, -0.2) is 49.7 Å². The number of hydrogen-bond donors (Lipinski definition) is 1. The van der Waals surface area contributed by atoms with E-state index < -0.39 is 10.2 Å². The minimum Gasteiger partial charge on any atom is -0.340 e. The first-order valence-corrected chi connectivity index (χ1v) is 9.40. The third-order valence-corrected chi connectivity index (χ3v) is 5.46. The molecule has 6 nitrogen and oxygen atoms in total. The Morgan fingerprint density at radius 3 is 2.17 bits per heavy atom. The van der Waals surface area contributed by atoms with Crippen molar-refractivity contribution >= 4 is 16.1 Å². The highest BCUT2D eigenvalue weighted by atomic mass is 32.2. The molecule has 1 amide bonds. The van der Waals surface area contributed by atoms with E-state index in [1.807, 2.05) is 18.2 Å². The maximum absolute atomic E-state index is 12.6. The molecule has 1 aliphatic heterocycles. The predicted octanol–water partition coefficient (Wildman–Crippen LogP) is 1.16. The molecule has 0 aliphatic carbocycles. The van der Waals surface area contributed by atoms with E-state index in [2.05, 4.69) is 26.0 Å². The molecular formula is C16H25N3O3S. The number of rotatable bonds is 5. The average molecular weight is 339 g/mol. The fourth-order valence-electron chi connectivity index (χ4n) is 2.95. The van der Waals surface area contributed by atoms with Crippen molar-refractivity contribution < 1.29 is 13.2 Å². The highest BCUT2D eigenvalue weighted by Gasteiger charge is 2.28. The number of piperazine rings is 1. The fraction of sp³-hybridized carbons (Fsp3) is 0.562. The summed E-state index contributed by atoms with van der Waals surface area (Å²) >= 11 is 0. The van der Waals surface area contributed by atoms with Gasteiger partial charge in [0.15, 0.2) is 0 Å². The zero-order valence-electron chi connectivity index (χ0n) is 13.7. The summed E-state index contributed by atoms with van der Waals surface area (Å²) in [5, 5.41) is 5.12. The van der Waals surface area contributed by atoms with Crippen LogP contribution in [0.1, 0.15) is 31.7 Å². The van der Waals surface area contributed by atoms with Gasteiger partial charge in [-0.05, 0) is 17.4 Å². The number of amides is 1. The molecule has 0 unspecified atom stereocenters. The third kappa shape index (κ3) is 4.76. The number of nitrogens with two attached hydrogens (primary N) is 1. The van der Waals surface area contributed by atoms with Crippen molar-refractivity contribution in [2.24, 2.45) is 11.1 Å². The first kappa shape index (κ1) is 17.9. The largest absolute Gasteiger partial charge is 0.340 e. The number of carbonyl (C=O) groups excluding carboxylic acids is 1. The molecule has 1 atom stereocenters. The van der Waals surface area contributed by atoms with Crippen molar-refractivity contribution in [2.75, 3.05) is 26.2 Å². The molecule has 1 fully saturated rings. The molecule has 2 rings (SSSR count). The Hall–Kier alpha value is -1.44. The quantitative estimate of drug-likeness (QED) is 0.874. The van der Waals surface area contributed by atoms with Gasteiger partial charge < -0.3 is 4.90 Å². The van der Waals surface area contributed by atoms with Crippen LogP contribution in [0.4, 0.5) is 0 Å². The maximum Gasteiger partial charge on any atom is 0.277 e. The molecule has 0 spiro atoms. The van der Waals surface area contributed by atoms with Gasteiger partial charge in [-0.2, -0.15) is 12.7 Å². The van der Waals surface area contributed by atoms with Gasteiger partial charge in [0.1, 0.15) is 0 Å². The molecule has 0 radical (unpaired) electrons. The third-order valence-electron chi connectivity index (χ3n) is 4.38. The van der Waals surface area contributed by atoms with Crippen LogP contribution in [-0.2, 0) is 15.0 Å². The lowest BCUT2D eigenvalue weighted by atomic mass is 9.85. The monoisotopic (exact) mass is 339 g/mol. The van der Waals surface area contributed by atoms with Crippen molar-refractivity contribution in [1.82, 2.24) is 9.21 Å². The highest BCUT2D eigenvalue weighted by Crippen LogP contribution is 2.28. The smallest absolute Gasteiger partial charge is 0.277 e. The van der Waals surface area contributed by atoms with E-state index in [1.54, 1.807) is 4.90 Å². The van der Waals surface area contributed by atoms with Gasteiger partial charge >= 0.3 is 0 Å². The Morgan fingerprint density at radius 1 is 1.13 bits per heavy atom. The Balaban J connectivity index is 1.98. The van der Waals surface area contributed by atoms with Crippen molar-refractivity contribution in [3.63, 3.8) is 0 Å². The summed E-state index contributed by atoms with van der Waals surface area (Å²) in [5.74, 6) is 0.591. The van der Waals surface area contributed by atoms with E-state index >= 15 is 0 Å². The lowest BCUT2D eigenvalue weighted by Gasteiger charge is -2.34. The highest BCUT2D eigenvalue weighted by molar-refractivity contribution is 7.86. The van der Waals surface area contributed by atoms with Crippen molar-refractivity contribution in [3.8, 4) is 0 Å². The normalized spacial score (nSPS) is 18.2. The van der Waals surface area contributed by atoms with E-state index in [0.717, 1.165) is 0 Å². The summed E-state index contributed by atoms with van der Waals surface area (Å²) in [6.45, 7) is 5.56. The lowest BCUT2D eigenvalue weighted by Crippen LogP contribution is -2.52. The van der Waals surface area contributed by atoms with Crippen LogP contribution in [0, 0.1) is 5.92 Å². The predicted molar refractivity (Wildman–Crippen MR) is 89.9 cm³/mol. The van der Waals surface area contributed by atoms with Crippen LogP contribution < -0.4 is 5.14 Å². The van der Waals surface area contributed by atoms with Crippen LogP contribution in [0.5, 0.6) is 0 Å². The maximum atomic E-state index is 12.6. The summed E-state index contributed by atoms with van der Waals surface area (Å²) < 4.78 is 23.8. The molecule has 1 heterocycles. The average Bonchev–Trinajstić information content (AvgIpc) is 2.52. The molecule has 2 N–H and O–H groups in total. The van der Waals surface area contributed by atoms with E-state index in [-0.39, 0.29) is 24.9 Å². The molecule has 1 aromatic rings. The van der Waals surface area contributed by atoms with Gasteiger partial charge in [-0.25, -0.2) is 5.14 Å². The standard InChI is InChI=1S/C16H25N3O3S/c1-13(2)15(14-6-4-3-5-7-14)12-16(20)18-8-10-19(11-9-18)23(17,21)22/h3-7,13,15H,8-12H2,1-2H3,(H2,17,21,22)/t15-/m0/s1. The summed E-state index contributed by atoms with van der Waals surface area (Å²) in [5.41, 5.74) is 1.17. The lowest BCUT2D eigenvalue weighted by molar-refractivity contribution is -0.133. The topological polar surface area (TPSA) is 83.7 Å². The van der Waals surface area contributed by atoms with E-state index in [0.29, 0.717) is 25.4 Å². The zero-order valence-corrected chi connectivity index (χ0v) is 14.5. The second-order valence-corrected chi connectivity index (χ2v) is 7.84. The van der Waals surface area contributed by atoms with Crippen molar-refractivity contribution in [2.45, 2.75) is 26.2 Å². The SMILES string of the molecule is CC(C)[C@H](CC(=O)N1CCN(S(N)(=O)=O)CC1)c1ccccc1. The van der Waals surface area contributed by atoms with Crippen molar-refractivity contribution in [3.05, 3.63) is 35.9 Å². The van der Waals surface area contributed by atoms with Crippen LogP contribution in [0.2, 0.25) is 0 Å². The summed E-state index contributed by atoms with van der Waals surface area (Å²) in [7, 11) is -3.66. The number of nitrogens with zero attached hydrogens (tertiary/aromatic N) is 2. The number of benzene rings is 1. The number of carbonyl (C=O) groups is 1. The van der Waals surface area contributed by atoms with Crippen LogP contribution >= 0.6 is 0 Å².